The van der Waals surface area contributed by atoms with E-state index in [9.17, 15) is 14.4 Å². The highest BCUT2D eigenvalue weighted by atomic mass is 28.4. The molecule has 0 saturated carbocycles. The van der Waals surface area contributed by atoms with Crippen molar-refractivity contribution < 1.29 is 32.9 Å². The molecule has 1 aliphatic heterocycles. The van der Waals surface area contributed by atoms with E-state index in [-0.39, 0.29) is 6.61 Å². The van der Waals surface area contributed by atoms with Crippen LogP contribution in [0.5, 0.6) is 11.5 Å². The van der Waals surface area contributed by atoms with E-state index in [0.29, 0.717) is 22.6 Å². The third-order valence-electron chi connectivity index (χ3n) is 11.1. The second-order valence-corrected chi connectivity index (χ2v) is 20.0. The summed E-state index contributed by atoms with van der Waals surface area (Å²) in [5, 5.41) is 1.41. The summed E-state index contributed by atoms with van der Waals surface area (Å²) in [7, 11) is -0.286. The van der Waals surface area contributed by atoms with Crippen molar-refractivity contribution in [2.24, 2.45) is 0 Å². The molecule has 5 aromatic carbocycles. The fourth-order valence-corrected chi connectivity index (χ4v) is 13.0. The number of benzene rings is 5. The van der Waals surface area contributed by atoms with Gasteiger partial charge in [0, 0.05) is 19.2 Å². The molecule has 12 heteroatoms. The number of nitrogens with zero attached hydrogens (tertiary/aromatic N) is 1. The highest BCUT2D eigenvalue weighted by Gasteiger charge is 2.63. The van der Waals surface area contributed by atoms with Gasteiger partial charge in [-0.2, -0.15) is 0 Å². The zero-order chi connectivity index (χ0) is 42.5. The third-order valence-corrected chi connectivity index (χ3v) is 16.1. The highest BCUT2D eigenvalue weighted by molar-refractivity contribution is 6.99. The summed E-state index contributed by atoms with van der Waals surface area (Å²) in [6, 6.07) is 46.3. The number of ether oxygens (including phenoxy) is 5. The molecule has 11 nitrogen and oxygen atoms in total. The summed E-state index contributed by atoms with van der Waals surface area (Å²) in [5.41, 5.74) is -0.612. The van der Waals surface area contributed by atoms with Gasteiger partial charge in [-0.1, -0.05) is 136 Å². The Bertz CT molecular complexity index is 2430. The lowest BCUT2D eigenvalue weighted by atomic mass is 9.78. The van der Waals surface area contributed by atoms with Crippen molar-refractivity contribution in [3.8, 4) is 11.5 Å². The van der Waals surface area contributed by atoms with Gasteiger partial charge in [0.1, 0.15) is 29.3 Å². The van der Waals surface area contributed by atoms with Crippen molar-refractivity contribution >= 4 is 24.7 Å². The molecule has 5 atom stereocenters. The van der Waals surface area contributed by atoms with Crippen molar-refractivity contribution in [2.45, 2.75) is 69.5 Å². The van der Waals surface area contributed by atoms with E-state index in [4.69, 9.17) is 28.1 Å². The smallest absolute Gasteiger partial charge is 0.330 e. The summed E-state index contributed by atoms with van der Waals surface area (Å²) < 4.78 is 41.3. The summed E-state index contributed by atoms with van der Waals surface area (Å²) in [4.78, 5) is 42.0. The highest BCUT2D eigenvalue weighted by Crippen LogP contribution is 2.50. The minimum atomic E-state index is -3.50. The van der Waals surface area contributed by atoms with E-state index in [1.54, 1.807) is 14.2 Å². The van der Waals surface area contributed by atoms with Crippen LogP contribution in [0.25, 0.3) is 0 Å². The van der Waals surface area contributed by atoms with Crippen LogP contribution in [0.15, 0.2) is 161 Å². The third kappa shape index (κ3) is 8.11. The number of esters is 1. The van der Waals surface area contributed by atoms with Crippen molar-refractivity contribution in [1.82, 2.24) is 9.55 Å². The summed E-state index contributed by atoms with van der Waals surface area (Å²) >= 11 is 0. The van der Waals surface area contributed by atoms with Crippen LogP contribution in [0.3, 0.4) is 0 Å². The summed E-state index contributed by atoms with van der Waals surface area (Å²) in [6.07, 6.45) is -3.40. The first kappa shape index (κ1) is 42.1. The van der Waals surface area contributed by atoms with E-state index in [1.807, 2.05) is 115 Å². The molecule has 0 amide bonds. The van der Waals surface area contributed by atoms with Gasteiger partial charge >= 0.3 is 11.7 Å². The average Bonchev–Trinajstić information content (AvgIpc) is 3.60. The maximum Gasteiger partial charge on any atom is 0.330 e. The van der Waals surface area contributed by atoms with Crippen LogP contribution in [0.1, 0.15) is 50.6 Å². The summed E-state index contributed by atoms with van der Waals surface area (Å²) in [6.45, 7) is 7.88. The first-order chi connectivity index (χ1) is 28.9. The Morgan fingerprint density at radius 2 is 1.22 bits per heavy atom. The standard InChI is InChI=1S/C48H50N2O9Si/c1-33(51)57-43-42(59-60(47(2,3)4,39-18-12-8-13-19-39)40-20-14-9-15-21-40)44(58-45(43)50-31-30-41(52)49-46(50)53)48(35-16-10-7-11-17-35,36-24-28-38(55-6)29-25-36)56-32-34-22-26-37(54-5)27-23-34/h7-31,42-45H,32H2,1-6H3,(H,49,52,53). The van der Waals surface area contributed by atoms with E-state index < -0.39 is 60.7 Å². The number of rotatable bonds is 14. The number of H-pyrrole nitrogens is 1. The second-order valence-electron chi connectivity index (χ2n) is 15.8. The van der Waals surface area contributed by atoms with Gasteiger partial charge in [0.2, 0.25) is 0 Å². The number of methoxy groups -OCH3 is 2. The van der Waals surface area contributed by atoms with Crippen LogP contribution < -0.4 is 31.1 Å². The number of carbonyl (C=O) groups excluding carboxylic acids is 1. The Morgan fingerprint density at radius 3 is 1.72 bits per heavy atom. The monoisotopic (exact) mass is 826 g/mol. The van der Waals surface area contributed by atoms with Gasteiger partial charge in [0.15, 0.2) is 12.3 Å². The molecular formula is C48H50N2O9Si. The molecule has 7 rings (SSSR count). The molecule has 1 fully saturated rings. The van der Waals surface area contributed by atoms with Gasteiger partial charge < -0.3 is 28.1 Å². The van der Waals surface area contributed by atoms with Crippen LogP contribution in [-0.2, 0) is 35.6 Å². The Hall–Kier alpha value is -6.05. The lowest BCUT2D eigenvalue weighted by molar-refractivity contribution is -0.160. The van der Waals surface area contributed by atoms with E-state index in [0.717, 1.165) is 15.9 Å². The molecule has 60 heavy (non-hydrogen) atoms. The van der Waals surface area contributed by atoms with Crippen molar-refractivity contribution in [3.63, 3.8) is 0 Å². The molecule has 0 radical (unpaired) electrons. The molecule has 310 valence electrons. The SMILES string of the molecule is COc1ccc(COC(c2ccccc2)(c2ccc(OC)cc2)C2OC(n3ccc(=O)[nH]c3=O)C(OC(C)=O)C2O[Si](c2ccccc2)(c2ccccc2)C(C)(C)C)cc1. The molecule has 1 aliphatic rings. The first-order valence-electron chi connectivity index (χ1n) is 19.8. The van der Waals surface area contributed by atoms with E-state index in [2.05, 4.69) is 50.0 Å². The lowest BCUT2D eigenvalue weighted by Gasteiger charge is -2.48. The quantitative estimate of drug-likeness (QED) is 0.0970. The summed E-state index contributed by atoms with van der Waals surface area (Å²) in [5.74, 6) is 0.704. The minimum Gasteiger partial charge on any atom is -0.497 e. The number of aromatic amines is 1. The van der Waals surface area contributed by atoms with Gasteiger partial charge in [-0.25, -0.2) is 4.79 Å². The zero-order valence-corrected chi connectivity index (χ0v) is 35.6. The van der Waals surface area contributed by atoms with Crippen molar-refractivity contribution in [1.29, 1.82) is 0 Å². The van der Waals surface area contributed by atoms with Crippen molar-refractivity contribution in [3.05, 3.63) is 189 Å². The molecule has 1 aromatic heterocycles. The Balaban J connectivity index is 1.56. The van der Waals surface area contributed by atoms with Gasteiger partial charge in [-0.05, 0) is 56.4 Å². The normalized spacial score (nSPS) is 19.0. The molecular weight excluding hydrogens is 777 g/mol. The molecule has 0 spiro atoms. The van der Waals surface area contributed by atoms with Crippen molar-refractivity contribution in [2.75, 3.05) is 14.2 Å². The lowest BCUT2D eigenvalue weighted by Crippen LogP contribution is -2.70. The average molecular weight is 827 g/mol. The predicted molar refractivity (Wildman–Crippen MR) is 231 cm³/mol. The molecule has 1 N–H and O–H groups in total. The van der Waals surface area contributed by atoms with Crippen LogP contribution >= 0.6 is 0 Å². The Kier molecular flexibility index (Phi) is 12.4. The van der Waals surface area contributed by atoms with E-state index in [1.165, 1.54) is 23.8 Å². The minimum absolute atomic E-state index is 0.0955. The predicted octanol–water partition coefficient (Wildman–Crippen LogP) is 6.49. The van der Waals surface area contributed by atoms with E-state index >= 15 is 0 Å². The van der Waals surface area contributed by atoms with Gasteiger partial charge in [0.25, 0.3) is 13.9 Å². The van der Waals surface area contributed by atoms with Crippen LogP contribution in [0.4, 0.5) is 0 Å². The maximum absolute atomic E-state index is 13.8. The van der Waals surface area contributed by atoms with Gasteiger partial charge in [0.05, 0.1) is 20.8 Å². The largest absolute Gasteiger partial charge is 0.497 e. The molecule has 1 saturated heterocycles. The molecule has 6 aromatic rings. The van der Waals surface area contributed by atoms with Gasteiger partial charge in [-0.15, -0.1) is 0 Å². The Morgan fingerprint density at radius 1 is 0.700 bits per heavy atom. The van der Waals surface area contributed by atoms with Crippen LogP contribution in [0.2, 0.25) is 5.04 Å². The second kappa shape index (κ2) is 17.7. The number of nitrogens with one attached hydrogen (secondary N) is 1. The molecule has 2 heterocycles. The van der Waals surface area contributed by atoms with Crippen LogP contribution in [0, 0.1) is 0 Å². The molecule has 0 bridgehead atoms. The van der Waals surface area contributed by atoms with Crippen LogP contribution in [-0.4, -0.2) is 56.4 Å². The fraction of sp³-hybridized carbons (Fsp3) is 0.271. The number of aromatic nitrogens is 2. The molecule has 0 aliphatic carbocycles. The topological polar surface area (TPSA) is 127 Å². The number of carbonyl (C=O) groups is 1. The number of hydrogen-bond donors (Lipinski definition) is 1. The first-order valence-corrected chi connectivity index (χ1v) is 21.7. The fourth-order valence-electron chi connectivity index (χ4n) is 8.35. The number of hydrogen-bond acceptors (Lipinski definition) is 9. The molecule has 5 unspecified atom stereocenters. The maximum atomic E-state index is 13.8. The zero-order valence-electron chi connectivity index (χ0n) is 34.6. The Labute approximate surface area is 350 Å². The van der Waals surface area contributed by atoms with Gasteiger partial charge in [-0.3, -0.25) is 19.1 Å².